The van der Waals surface area contributed by atoms with Crippen LogP contribution in [-0.2, 0) is 16.0 Å². The predicted molar refractivity (Wildman–Crippen MR) is 133 cm³/mol. The molecule has 180 valence electrons. The number of carbonyl (C=O) groups excluding carboxylic acids is 2. The summed E-state index contributed by atoms with van der Waals surface area (Å²) in [7, 11) is 4.46. The summed E-state index contributed by atoms with van der Waals surface area (Å²) < 4.78 is 16.3. The van der Waals surface area contributed by atoms with Gasteiger partial charge in [0.2, 0.25) is 0 Å². The van der Waals surface area contributed by atoms with Crippen molar-refractivity contribution in [3.05, 3.63) is 89.0 Å². The van der Waals surface area contributed by atoms with Crippen molar-refractivity contribution >= 4 is 23.1 Å². The van der Waals surface area contributed by atoms with E-state index in [0.29, 0.717) is 28.5 Å². The highest BCUT2D eigenvalue weighted by molar-refractivity contribution is 6.51. The van der Waals surface area contributed by atoms with Crippen molar-refractivity contribution in [1.29, 1.82) is 0 Å². The minimum Gasteiger partial charge on any atom is -0.506 e. The summed E-state index contributed by atoms with van der Waals surface area (Å²) in [6.07, 6.45) is 0.839. The first kappa shape index (κ1) is 23.9. The van der Waals surface area contributed by atoms with Crippen LogP contribution in [0.4, 0.5) is 5.69 Å². The Labute approximate surface area is 204 Å². The molecule has 3 aromatic rings. The molecule has 1 aliphatic heterocycles. The molecule has 1 atom stereocenters. The Balaban J connectivity index is 2.00. The highest BCUT2D eigenvalue weighted by Crippen LogP contribution is 2.45. The van der Waals surface area contributed by atoms with E-state index < -0.39 is 17.7 Å². The number of methoxy groups -OCH3 is 3. The standard InChI is InChI=1S/C28H27NO6/c1-5-17-12-14-19(15-13-17)29-25(18-8-6-9-20(16-18)33-2)24(27(31)28(29)32)26(30)23-21(34-3)10-7-11-22(23)35-4/h6-16,25,30H,5H2,1-4H3/b26-24+. The maximum atomic E-state index is 13.4. The molecule has 0 spiro atoms. The number of hydrogen-bond acceptors (Lipinski definition) is 6. The number of ether oxygens (including phenoxy) is 3. The molecule has 1 fully saturated rings. The predicted octanol–water partition coefficient (Wildman–Crippen LogP) is 4.90. The second-order valence-electron chi connectivity index (χ2n) is 8.00. The molecule has 1 aliphatic rings. The van der Waals surface area contributed by atoms with E-state index in [1.165, 1.54) is 19.1 Å². The summed E-state index contributed by atoms with van der Waals surface area (Å²) in [6, 6.07) is 18.6. The summed E-state index contributed by atoms with van der Waals surface area (Å²) in [6.45, 7) is 2.04. The second-order valence-corrected chi connectivity index (χ2v) is 8.00. The van der Waals surface area contributed by atoms with Crippen molar-refractivity contribution in [2.45, 2.75) is 19.4 Å². The molecule has 1 N–H and O–H groups in total. The molecule has 0 saturated carbocycles. The number of nitrogens with zero attached hydrogens (tertiary/aromatic N) is 1. The summed E-state index contributed by atoms with van der Waals surface area (Å²) >= 11 is 0. The molecule has 0 bridgehead atoms. The molecule has 0 aromatic heterocycles. The van der Waals surface area contributed by atoms with E-state index in [9.17, 15) is 14.7 Å². The van der Waals surface area contributed by atoms with Gasteiger partial charge in [0, 0.05) is 5.69 Å². The van der Waals surface area contributed by atoms with Gasteiger partial charge in [-0.15, -0.1) is 0 Å². The molecule has 1 saturated heterocycles. The number of hydrogen-bond donors (Lipinski definition) is 1. The van der Waals surface area contributed by atoms with E-state index in [0.717, 1.165) is 12.0 Å². The first-order valence-corrected chi connectivity index (χ1v) is 11.2. The molecule has 0 radical (unpaired) electrons. The van der Waals surface area contributed by atoms with Crippen LogP contribution in [0.1, 0.15) is 29.7 Å². The average molecular weight is 474 g/mol. The van der Waals surface area contributed by atoms with Crippen molar-refractivity contribution in [3.63, 3.8) is 0 Å². The monoisotopic (exact) mass is 473 g/mol. The number of amides is 1. The zero-order valence-corrected chi connectivity index (χ0v) is 20.1. The summed E-state index contributed by atoms with van der Waals surface area (Å²) in [5, 5.41) is 11.5. The molecule has 1 heterocycles. The topological polar surface area (TPSA) is 85.3 Å². The van der Waals surface area contributed by atoms with Gasteiger partial charge in [0.25, 0.3) is 11.7 Å². The van der Waals surface area contributed by atoms with E-state index in [1.807, 2.05) is 19.1 Å². The SMILES string of the molecule is CCc1ccc(N2C(=O)C(=O)/C(=C(/O)c3c(OC)cccc3OC)C2c2cccc(OC)c2)cc1. The lowest BCUT2D eigenvalue weighted by Gasteiger charge is -2.26. The van der Waals surface area contributed by atoms with Gasteiger partial charge in [-0.2, -0.15) is 0 Å². The van der Waals surface area contributed by atoms with Crippen LogP contribution in [0.25, 0.3) is 5.76 Å². The number of carbonyl (C=O) groups is 2. The van der Waals surface area contributed by atoms with Crippen molar-refractivity contribution in [3.8, 4) is 17.2 Å². The number of Topliss-reactive ketones (excluding diaryl/α,β-unsaturated/α-hetero) is 1. The lowest BCUT2D eigenvalue weighted by atomic mass is 9.94. The quantitative estimate of drug-likeness (QED) is 0.298. The minimum atomic E-state index is -0.896. The van der Waals surface area contributed by atoms with Gasteiger partial charge in [-0.05, 0) is 53.9 Å². The Hall–Kier alpha value is -4.26. The van der Waals surface area contributed by atoms with E-state index >= 15 is 0 Å². The molecule has 0 aliphatic carbocycles. The van der Waals surface area contributed by atoms with Crippen LogP contribution in [0.15, 0.2) is 72.3 Å². The van der Waals surface area contributed by atoms with Gasteiger partial charge in [-0.3, -0.25) is 14.5 Å². The van der Waals surface area contributed by atoms with Crippen LogP contribution in [0.3, 0.4) is 0 Å². The van der Waals surface area contributed by atoms with Crippen LogP contribution >= 0.6 is 0 Å². The third-order valence-corrected chi connectivity index (χ3v) is 6.14. The van der Waals surface area contributed by atoms with Gasteiger partial charge in [0.1, 0.15) is 28.6 Å². The average Bonchev–Trinajstić information content (AvgIpc) is 3.17. The third-order valence-electron chi connectivity index (χ3n) is 6.14. The zero-order valence-electron chi connectivity index (χ0n) is 20.1. The fourth-order valence-corrected chi connectivity index (χ4v) is 4.34. The van der Waals surface area contributed by atoms with Crippen LogP contribution in [0.2, 0.25) is 0 Å². The number of rotatable bonds is 7. The molecular formula is C28H27NO6. The molecule has 4 rings (SSSR count). The fraction of sp³-hybridized carbons (Fsp3) is 0.214. The lowest BCUT2D eigenvalue weighted by Crippen LogP contribution is -2.29. The molecule has 7 nitrogen and oxygen atoms in total. The van der Waals surface area contributed by atoms with Gasteiger partial charge < -0.3 is 19.3 Å². The Kier molecular flexibility index (Phi) is 6.78. The van der Waals surface area contributed by atoms with Crippen molar-refractivity contribution in [1.82, 2.24) is 0 Å². The van der Waals surface area contributed by atoms with Crippen molar-refractivity contribution in [2.24, 2.45) is 0 Å². The molecule has 35 heavy (non-hydrogen) atoms. The molecule has 1 amide bonds. The smallest absolute Gasteiger partial charge is 0.300 e. The number of aryl methyl sites for hydroxylation is 1. The number of aliphatic hydroxyl groups is 1. The summed E-state index contributed by atoms with van der Waals surface area (Å²) in [5.74, 6) is -0.739. The van der Waals surface area contributed by atoms with Gasteiger partial charge in [-0.25, -0.2) is 0 Å². The summed E-state index contributed by atoms with van der Waals surface area (Å²) in [5.41, 5.74) is 2.39. The molecular weight excluding hydrogens is 446 g/mol. The van der Waals surface area contributed by atoms with Gasteiger partial charge in [0.05, 0.1) is 32.9 Å². The fourth-order valence-electron chi connectivity index (χ4n) is 4.34. The summed E-state index contributed by atoms with van der Waals surface area (Å²) in [4.78, 5) is 28.2. The number of ketones is 1. The first-order valence-electron chi connectivity index (χ1n) is 11.2. The van der Waals surface area contributed by atoms with Gasteiger partial charge in [0.15, 0.2) is 0 Å². The zero-order chi connectivity index (χ0) is 25.1. The van der Waals surface area contributed by atoms with Crippen LogP contribution in [0.5, 0.6) is 17.2 Å². The number of aliphatic hydroxyl groups excluding tert-OH is 1. The van der Waals surface area contributed by atoms with Crippen LogP contribution in [0, 0.1) is 0 Å². The Morgan fingerprint density at radius 1 is 0.886 bits per heavy atom. The van der Waals surface area contributed by atoms with Crippen LogP contribution in [-0.4, -0.2) is 38.1 Å². The first-order chi connectivity index (χ1) is 16.9. The Morgan fingerprint density at radius 3 is 2.09 bits per heavy atom. The molecule has 7 heteroatoms. The van der Waals surface area contributed by atoms with E-state index in [-0.39, 0.29) is 16.9 Å². The molecule has 3 aromatic carbocycles. The number of anilines is 1. The Morgan fingerprint density at radius 2 is 1.51 bits per heavy atom. The van der Waals surface area contributed by atoms with E-state index in [4.69, 9.17) is 14.2 Å². The van der Waals surface area contributed by atoms with Crippen molar-refractivity contribution in [2.75, 3.05) is 26.2 Å². The maximum absolute atomic E-state index is 13.4. The normalized spacial score (nSPS) is 16.9. The van der Waals surface area contributed by atoms with E-state index in [1.54, 1.807) is 61.7 Å². The minimum absolute atomic E-state index is 0.0642. The highest BCUT2D eigenvalue weighted by Gasteiger charge is 2.47. The van der Waals surface area contributed by atoms with Crippen molar-refractivity contribution < 1.29 is 28.9 Å². The lowest BCUT2D eigenvalue weighted by molar-refractivity contribution is -0.132. The largest absolute Gasteiger partial charge is 0.506 e. The van der Waals surface area contributed by atoms with Gasteiger partial charge in [-0.1, -0.05) is 37.3 Å². The number of benzene rings is 3. The maximum Gasteiger partial charge on any atom is 0.300 e. The van der Waals surface area contributed by atoms with Crippen LogP contribution < -0.4 is 19.1 Å². The van der Waals surface area contributed by atoms with E-state index in [2.05, 4.69) is 0 Å². The molecule has 1 unspecified atom stereocenters. The highest BCUT2D eigenvalue weighted by atomic mass is 16.5. The second kappa shape index (κ2) is 9.93. The Bertz CT molecular complexity index is 1270. The van der Waals surface area contributed by atoms with Gasteiger partial charge >= 0.3 is 0 Å². The third kappa shape index (κ3) is 4.21.